The Morgan fingerprint density at radius 2 is 2.11 bits per heavy atom. The Balaban J connectivity index is 2.72. The summed E-state index contributed by atoms with van der Waals surface area (Å²) in [5, 5.41) is 3.21. The van der Waals surface area contributed by atoms with E-state index >= 15 is 0 Å². The van der Waals surface area contributed by atoms with E-state index in [9.17, 15) is 8.78 Å². The lowest BCUT2D eigenvalue weighted by atomic mass is 10.2. The molecule has 0 radical (unpaired) electrons. The van der Waals surface area contributed by atoms with Gasteiger partial charge in [-0.2, -0.15) is 0 Å². The highest BCUT2D eigenvalue weighted by atomic mass is 19.3. The van der Waals surface area contributed by atoms with Crippen LogP contribution in [0.5, 0.6) is 11.5 Å². The average molecular weight is 259 g/mol. The highest BCUT2D eigenvalue weighted by Crippen LogP contribution is 2.24. The van der Waals surface area contributed by atoms with Crippen molar-refractivity contribution in [2.75, 3.05) is 20.3 Å². The van der Waals surface area contributed by atoms with Crippen molar-refractivity contribution in [2.45, 2.75) is 26.3 Å². The average Bonchev–Trinajstić information content (AvgIpc) is 2.37. The van der Waals surface area contributed by atoms with E-state index in [0.717, 1.165) is 18.5 Å². The molecule has 0 aliphatic rings. The number of ether oxygens (including phenoxy) is 2. The van der Waals surface area contributed by atoms with Gasteiger partial charge in [-0.15, -0.1) is 0 Å². The first kappa shape index (κ1) is 14.7. The van der Waals surface area contributed by atoms with Gasteiger partial charge in [-0.3, -0.25) is 0 Å². The van der Waals surface area contributed by atoms with Gasteiger partial charge in [-0.05, 0) is 31.2 Å². The van der Waals surface area contributed by atoms with Crippen LogP contribution in [0.1, 0.15) is 18.9 Å². The van der Waals surface area contributed by atoms with Crippen molar-refractivity contribution in [1.29, 1.82) is 0 Å². The topological polar surface area (TPSA) is 30.5 Å². The third-order valence-corrected chi connectivity index (χ3v) is 2.37. The molecule has 1 aromatic rings. The molecular formula is C13H19F2NO2. The van der Waals surface area contributed by atoms with Crippen LogP contribution in [0, 0.1) is 0 Å². The Bertz CT molecular complexity index is 359. The summed E-state index contributed by atoms with van der Waals surface area (Å²) < 4.78 is 34.5. The van der Waals surface area contributed by atoms with E-state index in [2.05, 4.69) is 12.2 Å². The van der Waals surface area contributed by atoms with Crippen LogP contribution in [0.15, 0.2) is 18.2 Å². The minimum absolute atomic E-state index is 0.472. The summed E-state index contributed by atoms with van der Waals surface area (Å²) in [6.45, 7) is 2.91. The maximum atomic E-state index is 12.1. The molecule has 0 heterocycles. The minimum Gasteiger partial charge on any atom is -0.497 e. The van der Waals surface area contributed by atoms with E-state index < -0.39 is 13.0 Å². The number of rotatable bonds is 8. The molecule has 0 atom stereocenters. The number of halogens is 2. The van der Waals surface area contributed by atoms with E-state index in [-0.39, 0.29) is 0 Å². The summed E-state index contributed by atoms with van der Waals surface area (Å²) in [6.07, 6.45) is -1.46. The molecule has 102 valence electrons. The van der Waals surface area contributed by atoms with E-state index in [1.54, 1.807) is 25.3 Å². The SMILES string of the molecule is CCCNCc1cc(OC)ccc1OCC(F)F. The normalized spacial score (nSPS) is 10.7. The zero-order valence-electron chi connectivity index (χ0n) is 10.7. The molecule has 1 rings (SSSR count). The van der Waals surface area contributed by atoms with Crippen LogP contribution in [0.4, 0.5) is 8.78 Å². The summed E-state index contributed by atoms with van der Waals surface area (Å²) >= 11 is 0. The molecule has 3 nitrogen and oxygen atoms in total. The quantitative estimate of drug-likeness (QED) is 0.728. The van der Waals surface area contributed by atoms with Crippen LogP contribution in [0.3, 0.4) is 0 Å². The molecule has 0 amide bonds. The lowest BCUT2D eigenvalue weighted by Gasteiger charge is -2.13. The van der Waals surface area contributed by atoms with Crippen LogP contribution in [0.2, 0.25) is 0 Å². The maximum absolute atomic E-state index is 12.1. The molecule has 0 fully saturated rings. The second-order valence-corrected chi connectivity index (χ2v) is 3.85. The Kier molecular flexibility index (Phi) is 6.43. The van der Waals surface area contributed by atoms with Gasteiger partial charge in [-0.1, -0.05) is 6.92 Å². The fraction of sp³-hybridized carbons (Fsp3) is 0.538. The predicted molar refractivity (Wildman–Crippen MR) is 66.5 cm³/mol. The van der Waals surface area contributed by atoms with Gasteiger partial charge in [0.05, 0.1) is 7.11 Å². The molecule has 0 saturated heterocycles. The molecule has 1 aromatic carbocycles. The van der Waals surface area contributed by atoms with E-state index in [0.29, 0.717) is 18.0 Å². The lowest BCUT2D eigenvalue weighted by molar-refractivity contribution is 0.0813. The minimum atomic E-state index is -2.47. The molecule has 1 N–H and O–H groups in total. The van der Waals surface area contributed by atoms with Crippen molar-refractivity contribution >= 4 is 0 Å². The van der Waals surface area contributed by atoms with Crippen molar-refractivity contribution < 1.29 is 18.3 Å². The fourth-order valence-electron chi connectivity index (χ4n) is 1.51. The number of nitrogens with one attached hydrogen (secondary N) is 1. The van der Waals surface area contributed by atoms with Gasteiger partial charge in [0.2, 0.25) is 0 Å². The monoisotopic (exact) mass is 259 g/mol. The van der Waals surface area contributed by atoms with Gasteiger partial charge >= 0.3 is 0 Å². The van der Waals surface area contributed by atoms with E-state index in [1.807, 2.05) is 0 Å². The molecule has 0 aliphatic heterocycles. The zero-order chi connectivity index (χ0) is 13.4. The number of benzene rings is 1. The van der Waals surface area contributed by atoms with Gasteiger partial charge in [0, 0.05) is 12.1 Å². The van der Waals surface area contributed by atoms with Crippen molar-refractivity contribution in [2.24, 2.45) is 0 Å². The van der Waals surface area contributed by atoms with E-state index in [4.69, 9.17) is 9.47 Å². The van der Waals surface area contributed by atoms with Crippen molar-refractivity contribution in [1.82, 2.24) is 5.32 Å². The summed E-state index contributed by atoms with van der Waals surface area (Å²) in [7, 11) is 1.57. The Hall–Kier alpha value is -1.36. The van der Waals surface area contributed by atoms with Gasteiger partial charge in [-0.25, -0.2) is 8.78 Å². The molecule has 0 unspecified atom stereocenters. The van der Waals surface area contributed by atoms with Gasteiger partial charge < -0.3 is 14.8 Å². The van der Waals surface area contributed by atoms with E-state index in [1.165, 1.54) is 0 Å². The molecular weight excluding hydrogens is 240 g/mol. The highest BCUT2D eigenvalue weighted by molar-refractivity contribution is 5.40. The van der Waals surface area contributed by atoms with Crippen LogP contribution in [-0.4, -0.2) is 26.7 Å². The van der Waals surface area contributed by atoms with Crippen LogP contribution < -0.4 is 14.8 Å². The Morgan fingerprint density at radius 1 is 1.33 bits per heavy atom. The van der Waals surface area contributed by atoms with Crippen LogP contribution >= 0.6 is 0 Å². The van der Waals surface area contributed by atoms with Gasteiger partial charge in [0.1, 0.15) is 18.1 Å². The summed E-state index contributed by atoms with van der Waals surface area (Å²) in [4.78, 5) is 0. The first-order valence-corrected chi connectivity index (χ1v) is 5.96. The largest absolute Gasteiger partial charge is 0.497 e. The number of alkyl halides is 2. The van der Waals surface area contributed by atoms with Crippen molar-refractivity contribution in [3.63, 3.8) is 0 Å². The molecule has 18 heavy (non-hydrogen) atoms. The molecule has 0 bridgehead atoms. The third-order valence-electron chi connectivity index (χ3n) is 2.37. The van der Waals surface area contributed by atoms with Crippen LogP contribution in [-0.2, 0) is 6.54 Å². The van der Waals surface area contributed by atoms with Crippen LogP contribution in [0.25, 0.3) is 0 Å². The summed E-state index contributed by atoms with van der Waals surface area (Å²) in [6, 6.07) is 5.15. The van der Waals surface area contributed by atoms with Gasteiger partial charge in [0.15, 0.2) is 0 Å². The summed E-state index contributed by atoms with van der Waals surface area (Å²) in [5.74, 6) is 1.16. The van der Waals surface area contributed by atoms with Crippen molar-refractivity contribution in [3.8, 4) is 11.5 Å². The lowest BCUT2D eigenvalue weighted by Crippen LogP contribution is -2.16. The standard InChI is InChI=1S/C13H19F2NO2/c1-3-6-16-8-10-7-11(17-2)4-5-12(10)18-9-13(14)15/h4-5,7,13,16H,3,6,8-9H2,1-2H3. The smallest absolute Gasteiger partial charge is 0.272 e. The molecule has 5 heteroatoms. The second kappa shape index (κ2) is 7.87. The molecule has 0 aromatic heterocycles. The maximum Gasteiger partial charge on any atom is 0.272 e. The Morgan fingerprint density at radius 3 is 2.72 bits per heavy atom. The third kappa shape index (κ3) is 4.87. The summed E-state index contributed by atoms with van der Waals surface area (Å²) in [5.41, 5.74) is 0.823. The predicted octanol–water partition coefficient (Wildman–Crippen LogP) is 2.84. The number of hydrogen-bond donors (Lipinski definition) is 1. The van der Waals surface area contributed by atoms with Gasteiger partial charge in [0.25, 0.3) is 6.43 Å². The molecule has 0 spiro atoms. The number of methoxy groups -OCH3 is 1. The number of hydrogen-bond acceptors (Lipinski definition) is 3. The Labute approximate surface area is 106 Å². The second-order valence-electron chi connectivity index (χ2n) is 3.85. The highest BCUT2D eigenvalue weighted by Gasteiger charge is 2.09. The molecule has 0 saturated carbocycles. The van der Waals surface area contributed by atoms with Crippen molar-refractivity contribution in [3.05, 3.63) is 23.8 Å². The molecule has 0 aliphatic carbocycles. The first-order valence-electron chi connectivity index (χ1n) is 5.96. The fourth-order valence-corrected chi connectivity index (χ4v) is 1.51. The first-order chi connectivity index (χ1) is 8.67. The zero-order valence-corrected chi connectivity index (χ0v) is 10.7.